The number of nitrogens with one attached hydrogen (secondary N) is 1. The molecule has 122 valence electrons. The van der Waals surface area contributed by atoms with Gasteiger partial charge in [0, 0.05) is 5.92 Å². The number of fused-ring (bicyclic) bond motifs is 1. The summed E-state index contributed by atoms with van der Waals surface area (Å²) in [5.74, 6) is 0.927. The number of ether oxygens (including phenoxy) is 3. The van der Waals surface area contributed by atoms with Gasteiger partial charge in [-0.05, 0) is 37.0 Å². The number of carbonyl (C=O) groups is 2. The Morgan fingerprint density at radius 2 is 2.22 bits per heavy atom. The minimum absolute atomic E-state index is 0.0723. The maximum absolute atomic E-state index is 11.8. The smallest absolute Gasteiger partial charge is 0.328 e. The summed E-state index contributed by atoms with van der Waals surface area (Å²) in [6.07, 6.45) is 5.99. The Morgan fingerprint density at radius 1 is 1.39 bits per heavy atom. The van der Waals surface area contributed by atoms with E-state index in [2.05, 4.69) is 10.1 Å². The molecule has 0 bridgehead atoms. The molecular formula is C17H19NO5. The third kappa shape index (κ3) is 3.47. The number of benzene rings is 1. The molecule has 0 saturated carbocycles. The van der Waals surface area contributed by atoms with Crippen LogP contribution in [0.3, 0.4) is 0 Å². The number of esters is 1. The van der Waals surface area contributed by atoms with E-state index in [4.69, 9.17) is 9.47 Å². The van der Waals surface area contributed by atoms with Gasteiger partial charge in [-0.3, -0.25) is 4.79 Å². The number of rotatable bonds is 5. The molecule has 1 amide bonds. The Labute approximate surface area is 134 Å². The fourth-order valence-corrected chi connectivity index (χ4v) is 2.82. The zero-order valence-electron chi connectivity index (χ0n) is 12.9. The first-order valence-electron chi connectivity index (χ1n) is 7.62. The summed E-state index contributed by atoms with van der Waals surface area (Å²) in [7, 11) is 1.33. The number of methoxy groups -OCH3 is 1. The molecule has 1 aromatic carbocycles. The van der Waals surface area contributed by atoms with E-state index in [-0.39, 0.29) is 24.6 Å². The third-order valence-corrected chi connectivity index (χ3v) is 4.08. The lowest BCUT2D eigenvalue weighted by Crippen LogP contribution is -2.34. The van der Waals surface area contributed by atoms with Crippen LogP contribution in [0.15, 0.2) is 24.3 Å². The fraction of sp³-hybridized carbons (Fsp3) is 0.412. The van der Waals surface area contributed by atoms with Gasteiger partial charge >= 0.3 is 5.97 Å². The molecule has 2 aliphatic heterocycles. The van der Waals surface area contributed by atoms with Crippen LogP contribution in [0.2, 0.25) is 0 Å². The second-order valence-corrected chi connectivity index (χ2v) is 5.61. The van der Waals surface area contributed by atoms with E-state index >= 15 is 0 Å². The summed E-state index contributed by atoms with van der Waals surface area (Å²) >= 11 is 0. The van der Waals surface area contributed by atoms with E-state index in [1.165, 1.54) is 7.11 Å². The summed E-state index contributed by atoms with van der Waals surface area (Å²) in [5.41, 5.74) is 1.03. The molecule has 23 heavy (non-hydrogen) atoms. The van der Waals surface area contributed by atoms with Gasteiger partial charge in [0.05, 0.1) is 7.11 Å². The molecule has 2 aliphatic rings. The van der Waals surface area contributed by atoms with Crippen molar-refractivity contribution in [2.75, 3.05) is 13.9 Å². The summed E-state index contributed by atoms with van der Waals surface area (Å²) in [5, 5.41) is 2.67. The van der Waals surface area contributed by atoms with E-state index in [9.17, 15) is 9.59 Å². The van der Waals surface area contributed by atoms with Crippen molar-refractivity contribution in [3.63, 3.8) is 0 Å². The van der Waals surface area contributed by atoms with Crippen LogP contribution in [-0.2, 0) is 14.3 Å². The van der Waals surface area contributed by atoms with Gasteiger partial charge in [0.25, 0.3) is 0 Å². The molecule has 2 heterocycles. The molecular weight excluding hydrogens is 298 g/mol. The number of allylic oxidation sites excluding steroid dienone is 1. The van der Waals surface area contributed by atoms with Crippen LogP contribution < -0.4 is 14.8 Å². The summed E-state index contributed by atoms with van der Waals surface area (Å²) in [4.78, 5) is 23.3. The summed E-state index contributed by atoms with van der Waals surface area (Å²) in [6, 6.07) is 5.26. The van der Waals surface area contributed by atoms with Crippen LogP contribution in [0, 0.1) is 5.92 Å². The molecule has 0 aliphatic carbocycles. The van der Waals surface area contributed by atoms with Crippen molar-refractivity contribution in [2.24, 2.45) is 5.92 Å². The second-order valence-electron chi connectivity index (χ2n) is 5.61. The Morgan fingerprint density at radius 3 is 3.04 bits per heavy atom. The molecule has 3 rings (SSSR count). The van der Waals surface area contributed by atoms with Crippen LogP contribution >= 0.6 is 0 Å². The second kappa shape index (κ2) is 6.73. The zero-order chi connectivity index (χ0) is 16.2. The molecule has 0 unspecified atom stereocenters. The van der Waals surface area contributed by atoms with E-state index in [1.54, 1.807) is 0 Å². The highest BCUT2D eigenvalue weighted by molar-refractivity contribution is 5.89. The highest BCUT2D eigenvalue weighted by Gasteiger charge is 2.35. The fourth-order valence-electron chi connectivity index (χ4n) is 2.82. The Bertz CT molecular complexity index is 640. The molecule has 1 aromatic rings. The van der Waals surface area contributed by atoms with E-state index in [0.717, 1.165) is 23.5 Å². The van der Waals surface area contributed by atoms with Crippen molar-refractivity contribution in [1.82, 2.24) is 5.32 Å². The van der Waals surface area contributed by atoms with E-state index < -0.39 is 6.04 Å². The summed E-state index contributed by atoms with van der Waals surface area (Å²) in [6.45, 7) is 0.265. The quantitative estimate of drug-likeness (QED) is 0.840. The minimum atomic E-state index is -0.504. The van der Waals surface area contributed by atoms with Crippen LogP contribution in [0.1, 0.15) is 24.8 Å². The molecule has 1 saturated heterocycles. The first kappa shape index (κ1) is 15.4. The first-order chi connectivity index (χ1) is 11.2. The van der Waals surface area contributed by atoms with Crippen LogP contribution in [0.4, 0.5) is 0 Å². The Kier molecular flexibility index (Phi) is 4.50. The van der Waals surface area contributed by atoms with Crippen molar-refractivity contribution in [1.29, 1.82) is 0 Å². The van der Waals surface area contributed by atoms with Crippen molar-refractivity contribution < 1.29 is 23.8 Å². The lowest BCUT2D eigenvalue weighted by atomic mass is 9.99. The highest BCUT2D eigenvalue weighted by atomic mass is 16.7. The monoisotopic (exact) mass is 317 g/mol. The van der Waals surface area contributed by atoms with Gasteiger partial charge in [-0.25, -0.2) is 4.79 Å². The predicted octanol–water partition coefficient (Wildman–Crippen LogP) is 1.89. The minimum Gasteiger partial charge on any atom is -0.467 e. The number of hydrogen-bond donors (Lipinski definition) is 1. The first-order valence-corrected chi connectivity index (χ1v) is 7.62. The lowest BCUT2D eigenvalue weighted by Gasteiger charge is -2.06. The van der Waals surface area contributed by atoms with Gasteiger partial charge in [0.2, 0.25) is 12.7 Å². The van der Waals surface area contributed by atoms with E-state index in [1.807, 2.05) is 30.4 Å². The van der Waals surface area contributed by atoms with Crippen LogP contribution in [-0.4, -0.2) is 31.8 Å². The number of hydrogen-bond acceptors (Lipinski definition) is 5. The van der Waals surface area contributed by atoms with E-state index in [0.29, 0.717) is 12.8 Å². The van der Waals surface area contributed by atoms with Gasteiger partial charge in [-0.2, -0.15) is 0 Å². The maximum atomic E-state index is 11.8. The third-order valence-electron chi connectivity index (χ3n) is 4.08. The summed E-state index contributed by atoms with van der Waals surface area (Å²) < 4.78 is 15.3. The molecule has 1 fully saturated rings. The normalized spacial score (nSPS) is 22.4. The van der Waals surface area contributed by atoms with Gasteiger partial charge in [0.15, 0.2) is 11.5 Å². The average Bonchev–Trinajstić information content (AvgIpc) is 3.17. The Hall–Kier alpha value is -2.50. The predicted molar refractivity (Wildman–Crippen MR) is 82.9 cm³/mol. The standard InChI is InChI=1S/C17H19NO5/c1-21-17(20)13-9-12(16(19)18-13)5-3-2-4-11-6-7-14-15(8-11)23-10-22-14/h2,4,6-8,12-13H,3,5,9-10H2,1H3,(H,18,19)/b4-2+/t12-,13-/m0/s1. The topological polar surface area (TPSA) is 73.9 Å². The Balaban J connectivity index is 1.49. The molecule has 1 N–H and O–H groups in total. The molecule has 0 spiro atoms. The van der Waals surface area contributed by atoms with Crippen molar-refractivity contribution in [3.8, 4) is 11.5 Å². The average molecular weight is 317 g/mol. The number of amides is 1. The van der Waals surface area contributed by atoms with Crippen LogP contribution in [0.5, 0.6) is 11.5 Å². The van der Waals surface area contributed by atoms with Gasteiger partial charge < -0.3 is 19.5 Å². The van der Waals surface area contributed by atoms with Crippen molar-refractivity contribution >= 4 is 18.0 Å². The molecule has 0 radical (unpaired) electrons. The number of carbonyl (C=O) groups excluding carboxylic acids is 2. The van der Waals surface area contributed by atoms with Crippen molar-refractivity contribution in [2.45, 2.75) is 25.3 Å². The lowest BCUT2D eigenvalue weighted by molar-refractivity contribution is -0.143. The van der Waals surface area contributed by atoms with Crippen molar-refractivity contribution in [3.05, 3.63) is 29.8 Å². The highest BCUT2D eigenvalue weighted by Crippen LogP contribution is 2.32. The van der Waals surface area contributed by atoms with Gasteiger partial charge in [0.1, 0.15) is 6.04 Å². The molecule has 0 aromatic heterocycles. The largest absolute Gasteiger partial charge is 0.467 e. The van der Waals surface area contributed by atoms with Gasteiger partial charge in [-0.1, -0.05) is 18.2 Å². The van der Waals surface area contributed by atoms with Gasteiger partial charge in [-0.15, -0.1) is 0 Å². The molecule has 2 atom stereocenters. The van der Waals surface area contributed by atoms with Crippen LogP contribution in [0.25, 0.3) is 6.08 Å². The maximum Gasteiger partial charge on any atom is 0.328 e. The molecule has 6 heteroatoms. The SMILES string of the molecule is COC(=O)[C@@H]1C[C@H](CC/C=C/c2ccc3c(c2)OCO3)C(=O)N1. The zero-order valence-corrected chi connectivity index (χ0v) is 12.9. The molecule has 6 nitrogen and oxygen atoms in total.